The van der Waals surface area contributed by atoms with Gasteiger partial charge in [0.2, 0.25) is 0 Å². The predicted octanol–water partition coefficient (Wildman–Crippen LogP) is 2.42. The Kier molecular flexibility index (Phi) is 3.26. The number of hydrogen-bond donors (Lipinski definition) is 1. The molecule has 0 radical (unpaired) electrons. The number of carbonyl (C=O) groups is 1. The Morgan fingerprint density at radius 1 is 1.38 bits per heavy atom. The summed E-state index contributed by atoms with van der Waals surface area (Å²) in [7, 11) is 0. The SMILES string of the molecule is CCC=CC(=O)c1ccc(N)cc1. The van der Waals surface area contributed by atoms with Crippen LogP contribution in [0.1, 0.15) is 23.7 Å². The maximum Gasteiger partial charge on any atom is 0.185 e. The number of nitrogens with two attached hydrogens (primary N) is 1. The molecule has 1 aromatic carbocycles. The zero-order valence-electron chi connectivity index (χ0n) is 7.66. The summed E-state index contributed by atoms with van der Waals surface area (Å²) in [5.41, 5.74) is 6.85. The Hall–Kier alpha value is -1.57. The van der Waals surface area contributed by atoms with Crippen molar-refractivity contribution in [3.05, 3.63) is 42.0 Å². The molecule has 0 amide bonds. The monoisotopic (exact) mass is 175 g/mol. The summed E-state index contributed by atoms with van der Waals surface area (Å²) in [6, 6.07) is 6.93. The van der Waals surface area contributed by atoms with E-state index in [2.05, 4.69) is 0 Å². The van der Waals surface area contributed by atoms with Crippen LogP contribution >= 0.6 is 0 Å². The molecule has 0 aliphatic carbocycles. The van der Waals surface area contributed by atoms with Crippen LogP contribution in [0, 0.1) is 0 Å². The van der Waals surface area contributed by atoms with E-state index in [-0.39, 0.29) is 5.78 Å². The first-order valence-electron chi connectivity index (χ1n) is 4.30. The second-order valence-corrected chi connectivity index (χ2v) is 2.80. The van der Waals surface area contributed by atoms with Gasteiger partial charge in [0.15, 0.2) is 5.78 Å². The van der Waals surface area contributed by atoms with Crippen LogP contribution in [0.3, 0.4) is 0 Å². The van der Waals surface area contributed by atoms with Crippen molar-refractivity contribution in [3.63, 3.8) is 0 Å². The molecule has 2 nitrogen and oxygen atoms in total. The van der Waals surface area contributed by atoms with Crippen LogP contribution in [0.25, 0.3) is 0 Å². The first-order valence-corrected chi connectivity index (χ1v) is 4.30. The molecule has 1 aromatic rings. The van der Waals surface area contributed by atoms with Gasteiger partial charge in [0.1, 0.15) is 0 Å². The van der Waals surface area contributed by atoms with Gasteiger partial charge < -0.3 is 5.73 Å². The standard InChI is InChI=1S/C11H13NO/c1-2-3-4-11(13)9-5-7-10(12)8-6-9/h3-8H,2,12H2,1H3. The normalized spacial score (nSPS) is 10.5. The maximum absolute atomic E-state index is 11.4. The predicted molar refractivity (Wildman–Crippen MR) is 54.6 cm³/mol. The molecule has 0 bridgehead atoms. The third-order valence-corrected chi connectivity index (χ3v) is 1.70. The number of benzene rings is 1. The van der Waals surface area contributed by atoms with Gasteiger partial charge in [-0.25, -0.2) is 0 Å². The molecule has 0 saturated heterocycles. The summed E-state index contributed by atoms with van der Waals surface area (Å²) >= 11 is 0. The second kappa shape index (κ2) is 4.45. The number of allylic oxidation sites excluding steroid dienone is 2. The minimum atomic E-state index is 0.0295. The third-order valence-electron chi connectivity index (χ3n) is 1.70. The molecule has 0 saturated carbocycles. The zero-order valence-corrected chi connectivity index (χ0v) is 7.66. The molecular weight excluding hydrogens is 162 g/mol. The molecule has 0 aliphatic heterocycles. The van der Waals surface area contributed by atoms with Crippen LogP contribution < -0.4 is 5.73 Å². The van der Waals surface area contributed by atoms with E-state index in [1.165, 1.54) is 0 Å². The molecule has 0 heterocycles. The number of anilines is 1. The molecule has 2 heteroatoms. The zero-order chi connectivity index (χ0) is 9.68. The van der Waals surface area contributed by atoms with Gasteiger partial charge in [-0.05, 0) is 36.8 Å². The molecule has 0 atom stereocenters. The lowest BCUT2D eigenvalue weighted by molar-refractivity contribution is 0.104. The van der Waals surface area contributed by atoms with E-state index in [0.717, 1.165) is 6.42 Å². The highest BCUT2D eigenvalue weighted by Crippen LogP contribution is 2.06. The van der Waals surface area contributed by atoms with Crippen molar-refractivity contribution < 1.29 is 4.79 Å². The third kappa shape index (κ3) is 2.75. The summed E-state index contributed by atoms with van der Waals surface area (Å²) < 4.78 is 0. The Balaban J connectivity index is 2.78. The van der Waals surface area contributed by atoms with Gasteiger partial charge in [0.25, 0.3) is 0 Å². The Morgan fingerprint density at radius 2 is 2.00 bits per heavy atom. The quantitative estimate of drug-likeness (QED) is 0.435. The van der Waals surface area contributed by atoms with E-state index in [0.29, 0.717) is 11.3 Å². The molecule has 68 valence electrons. The van der Waals surface area contributed by atoms with Gasteiger partial charge in [-0.1, -0.05) is 13.0 Å². The van der Waals surface area contributed by atoms with Crippen LogP contribution in [0.4, 0.5) is 5.69 Å². The summed E-state index contributed by atoms with van der Waals surface area (Å²) in [5, 5.41) is 0. The number of nitrogen functional groups attached to an aromatic ring is 1. The maximum atomic E-state index is 11.4. The minimum absolute atomic E-state index is 0.0295. The van der Waals surface area contributed by atoms with Gasteiger partial charge in [0, 0.05) is 11.3 Å². The first kappa shape index (κ1) is 9.52. The summed E-state index contributed by atoms with van der Waals surface area (Å²) in [5.74, 6) is 0.0295. The lowest BCUT2D eigenvalue weighted by Gasteiger charge is -1.95. The molecule has 0 aliphatic rings. The molecule has 13 heavy (non-hydrogen) atoms. The van der Waals surface area contributed by atoms with Crippen LogP contribution in [0.5, 0.6) is 0 Å². The van der Waals surface area contributed by atoms with Gasteiger partial charge >= 0.3 is 0 Å². The Bertz CT molecular complexity index is 311. The first-order chi connectivity index (χ1) is 6.24. The summed E-state index contributed by atoms with van der Waals surface area (Å²) in [4.78, 5) is 11.4. The fourth-order valence-corrected chi connectivity index (χ4v) is 0.969. The average Bonchev–Trinajstić information content (AvgIpc) is 2.15. The van der Waals surface area contributed by atoms with Crippen molar-refractivity contribution in [2.24, 2.45) is 0 Å². The second-order valence-electron chi connectivity index (χ2n) is 2.80. The topological polar surface area (TPSA) is 43.1 Å². The molecular formula is C11H13NO. The van der Waals surface area contributed by atoms with Crippen molar-refractivity contribution in [1.29, 1.82) is 0 Å². The average molecular weight is 175 g/mol. The number of rotatable bonds is 3. The fourth-order valence-electron chi connectivity index (χ4n) is 0.969. The largest absolute Gasteiger partial charge is 0.399 e. The van der Waals surface area contributed by atoms with E-state index in [4.69, 9.17) is 5.73 Å². The van der Waals surface area contributed by atoms with Crippen LogP contribution in [-0.4, -0.2) is 5.78 Å². The summed E-state index contributed by atoms with van der Waals surface area (Å²) in [6.45, 7) is 1.99. The van der Waals surface area contributed by atoms with E-state index < -0.39 is 0 Å². The van der Waals surface area contributed by atoms with Crippen molar-refractivity contribution in [3.8, 4) is 0 Å². The number of ketones is 1. The van der Waals surface area contributed by atoms with Gasteiger partial charge in [-0.3, -0.25) is 4.79 Å². The van der Waals surface area contributed by atoms with E-state index >= 15 is 0 Å². The smallest absolute Gasteiger partial charge is 0.185 e. The number of hydrogen-bond acceptors (Lipinski definition) is 2. The highest BCUT2D eigenvalue weighted by Gasteiger charge is 1.99. The minimum Gasteiger partial charge on any atom is -0.399 e. The van der Waals surface area contributed by atoms with Gasteiger partial charge in [-0.2, -0.15) is 0 Å². The highest BCUT2D eigenvalue weighted by molar-refractivity contribution is 6.04. The summed E-state index contributed by atoms with van der Waals surface area (Å²) in [6.07, 6.45) is 4.31. The van der Waals surface area contributed by atoms with E-state index in [1.807, 2.05) is 13.0 Å². The van der Waals surface area contributed by atoms with Crippen molar-refractivity contribution in [2.45, 2.75) is 13.3 Å². The highest BCUT2D eigenvalue weighted by atomic mass is 16.1. The van der Waals surface area contributed by atoms with Crippen molar-refractivity contribution >= 4 is 11.5 Å². The molecule has 0 fully saturated rings. The Labute approximate surface area is 78.1 Å². The molecule has 1 rings (SSSR count). The van der Waals surface area contributed by atoms with Crippen molar-refractivity contribution in [1.82, 2.24) is 0 Å². The van der Waals surface area contributed by atoms with Crippen LogP contribution in [0.2, 0.25) is 0 Å². The molecule has 0 aromatic heterocycles. The van der Waals surface area contributed by atoms with Crippen LogP contribution in [0.15, 0.2) is 36.4 Å². The van der Waals surface area contributed by atoms with Gasteiger partial charge in [-0.15, -0.1) is 0 Å². The van der Waals surface area contributed by atoms with Crippen LogP contribution in [-0.2, 0) is 0 Å². The Morgan fingerprint density at radius 3 is 2.54 bits per heavy atom. The lowest BCUT2D eigenvalue weighted by atomic mass is 10.1. The fraction of sp³-hybridized carbons (Fsp3) is 0.182. The number of carbonyl (C=O) groups excluding carboxylic acids is 1. The van der Waals surface area contributed by atoms with E-state index in [1.54, 1.807) is 30.3 Å². The van der Waals surface area contributed by atoms with E-state index in [9.17, 15) is 4.79 Å². The molecule has 0 unspecified atom stereocenters. The molecule has 2 N–H and O–H groups in total. The van der Waals surface area contributed by atoms with Crippen molar-refractivity contribution in [2.75, 3.05) is 5.73 Å². The molecule has 0 spiro atoms. The lowest BCUT2D eigenvalue weighted by Crippen LogP contribution is -1.94. The van der Waals surface area contributed by atoms with Gasteiger partial charge in [0.05, 0.1) is 0 Å².